The minimum atomic E-state index is 0.181. The number of hydrazine groups is 1. The zero-order valence-electron chi connectivity index (χ0n) is 7.94. The van der Waals surface area contributed by atoms with E-state index in [0.29, 0.717) is 0 Å². The Labute approximate surface area is 105 Å². The van der Waals surface area contributed by atoms with Gasteiger partial charge in [0.1, 0.15) is 0 Å². The molecule has 0 aromatic carbocycles. The van der Waals surface area contributed by atoms with Crippen LogP contribution in [-0.4, -0.2) is 0 Å². The summed E-state index contributed by atoms with van der Waals surface area (Å²) in [4.78, 5) is 0. The summed E-state index contributed by atoms with van der Waals surface area (Å²) in [6, 6.07) is 2.31. The molecule has 3 N–H and O–H groups in total. The molecule has 0 saturated carbocycles. The van der Waals surface area contributed by atoms with Crippen LogP contribution in [0, 0.1) is 0 Å². The molecule has 0 amide bonds. The first kappa shape index (κ1) is 11.3. The highest BCUT2D eigenvalue weighted by Gasteiger charge is 2.14. The van der Waals surface area contributed by atoms with E-state index in [-0.39, 0.29) is 6.04 Å². The maximum atomic E-state index is 5.59. The van der Waals surface area contributed by atoms with Gasteiger partial charge in [0.2, 0.25) is 0 Å². The molecule has 0 spiro atoms. The Morgan fingerprint density at radius 3 is 2.73 bits per heavy atom. The zero-order chi connectivity index (χ0) is 10.7. The molecule has 0 aliphatic heterocycles. The zero-order valence-corrected chi connectivity index (χ0v) is 11.2. The van der Waals surface area contributed by atoms with Crippen LogP contribution in [0.1, 0.15) is 17.2 Å². The molecule has 5 heteroatoms. The van der Waals surface area contributed by atoms with Crippen molar-refractivity contribution in [2.45, 2.75) is 12.5 Å². The van der Waals surface area contributed by atoms with Gasteiger partial charge in [-0.15, -0.1) is 0 Å². The molecule has 15 heavy (non-hydrogen) atoms. The van der Waals surface area contributed by atoms with Gasteiger partial charge in [-0.2, -0.15) is 22.7 Å². The molecule has 1 unspecified atom stereocenters. The fourth-order valence-corrected chi connectivity index (χ4v) is 3.75. The molecule has 2 aromatic heterocycles. The van der Waals surface area contributed by atoms with Crippen molar-refractivity contribution >= 4 is 38.6 Å². The molecule has 0 bridgehead atoms. The molecule has 2 rings (SSSR count). The predicted octanol–water partition coefficient (Wildman–Crippen LogP) is 3.32. The van der Waals surface area contributed by atoms with E-state index in [1.807, 2.05) is 0 Å². The Bertz CT molecular complexity index is 411. The summed E-state index contributed by atoms with van der Waals surface area (Å²) in [5.41, 5.74) is 5.42. The largest absolute Gasteiger partial charge is 0.271 e. The van der Waals surface area contributed by atoms with Crippen molar-refractivity contribution in [1.29, 1.82) is 0 Å². The quantitative estimate of drug-likeness (QED) is 0.672. The van der Waals surface area contributed by atoms with Gasteiger partial charge in [-0.1, -0.05) is 0 Å². The van der Waals surface area contributed by atoms with Crippen molar-refractivity contribution in [3.63, 3.8) is 0 Å². The van der Waals surface area contributed by atoms with Gasteiger partial charge >= 0.3 is 0 Å². The van der Waals surface area contributed by atoms with Crippen LogP contribution in [0.15, 0.2) is 32.1 Å². The fourth-order valence-electron chi connectivity index (χ4n) is 1.44. The van der Waals surface area contributed by atoms with Crippen LogP contribution in [0.2, 0.25) is 0 Å². The number of nitrogens with one attached hydrogen (secondary N) is 1. The first-order chi connectivity index (χ1) is 7.31. The molecule has 80 valence electrons. The van der Waals surface area contributed by atoms with Gasteiger partial charge in [0.15, 0.2) is 0 Å². The van der Waals surface area contributed by atoms with Crippen LogP contribution in [0.3, 0.4) is 0 Å². The third kappa shape index (κ3) is 2.68. The van der Waals surface area contributed by atoms with E-state index in [0.717, 1.165) is 10.9 Å². The van der Waals surface area contributed by atoms with Gasteiger partial charge in [-0.3, -0.25) is 11.3 Å². The molecule has 2 aromatic rings. The molecule has 0 fully saturated rings. The minimum Gasteiger partial charge on any atom is -0.271 e. The number of hydrogen-bond donors (Lipinski definition) is 2. The normalized spacial score (nSPS) is 12.9. The van der Waals surface area contributed by atoms with Crippen LogP contribution in [0.4, 0.5) is 0 Å². The SMILES string of the molecule is NNC(Cc1ccsc1)c1cscc1Br. The van der Waals surface area contributed by atoms with Crippen LogP contribution in [0.5, 0.6) is 0 Å². The smallest absolute Gasteiger partial charge is 0.0520 e. The maximum absolute atomic E-state index is 5.59. The van der Waals surface area contributed by atoms with Crippen LogP contribution in [0.25, 0.3) is 0 Å². The van der Waals surface area contributed by atoms with Gasteiger partial charge in [0.25, 0.3) is 0 Å². The molecule has 1 atom stereocenters. The van der Waals surface area contributed by atoms with E-state index in [1.54, 1.807) is 22.7 Å². The Morgan fingerprint density at radius 1 is 1.33 bits per heavy atom. The lowest BCUT2D eigenvalue weighted by Gasteiger charge is -2.14. The predicted molar refractivity (Wildman–Crippen MR) is 70.1 cm³/mol. The summed E-state index contributed by atoms with van der Waals surface area (Å²) in [6.45, 7) is 0. The monoisotopic (exact) mass is 302 g/mol. The molecule has 0 aliphatic carbocycles. The van der Waals surface area contributed by atoms with Gasteiger partial charge < -0.3 is 0 Å². The molecular formula is C10H11BrN2S2. The van der Waals surface area contributed by atoms with Gasteiger partial charge in [-0.25, -0.2) is 0 Å². The molecule has 0 saturated heterocycles. The Hall–Kier alpha value is -0.200. The highest BCUT2D eigenvalue weighted by molar-refractivity contribution is 9.10. The lowest BCUT2D eigenvalue weighted by atomic mass is 10.0. The number of hydrogen-bond acceptors (Lipinski definition) is 4. The van der Waals surface area contributed by atoms with E-state index < -0.39 is 0 Å². The van der Waals surface area contributed by atoms with Crippen molar-refractivity contribution in [2.24, 2.45) is 5.84 Å². The molecule has 2 nitrogen and oxygen atoms in total. The molecule has 0 aliphatic rings. The lowest BCUT2D eigenvalue weighted by Crippen LogP contribution is -2.29. The van der Waals surface area contributed by atoms with E-state index in [2.05, 4.69) is 48.9 Å². The van der Waals surface area contributed by atoms with Crippen LogP contribution in [-0.2, 0) is 6.42 Å². The number of thiophene rings is 2. The third-order valence-electron chi connectivity index (χ3n) is 2.24. The standard InChI is InChI=1S/C10H11BrN2S2/c11-9-6-15-5-8(9)10(13-12)3-7-1-2-14-4-7/h1-2,4-6,10,13H,3,12H2. The number of rotatable bonds is 4. The average molecular weight is 303 g/mol. The van der Waals surface area contributed by atoms with E-state index >= 15 is 0 Å². The fraction of sp³-hybridized carbons (Fsp3) is 0.200. The van der Waals surface area contributed by atoms with Crippen LogP contribution >= 0.6 is 38.6 Å². The van der Waals surface area contributed by atoms with Crippen molar-refractivity contribution in [3.05, 3.63) is 43.2 Å². The van der Waals surface area contributed by atoms with E-state index in [1.165, 1.54) is 11.1 Å². The Balaban J connectivity index is 2.15. The van der Waals surface area contributed by atoms with E-state index in [9.17, 15) is 0 Å². The van der Waals surface area contributed by atoms with Crippen molar-refractivity contribution in [1.82, 2.24) is 5.43 Å². The van der Waals surface area contributed by atoms with E-state index in [4.69, 9.17) is 5.84 Å². The topological polar surface area (TPSA) is 38.0 Å². The second-order valence-electron chi connectivity index (χ2n) is 3.23. The maximum Gasteiger partial charge on any atom is 0.0520 e. The summed E-state index contributed by atoms with van der Waals surface area (Å²) in [6.07, 6.45) is 0.926. The summed E-state index contributed by atoms with van der Waals surface area (Å²) in [7, 11) is 0. The van der Waals surface area contributed by atoms with Crippen molar-refractivity contribution in [2.75, 3.05) is 0 Å². The minimum absolute atomic E-state index is 0.181. The first-order valence-electron chi connectivity index (χ1n) is 4.50. The lowest BCUT2D eigenvalue weighted by molar-refractivity contribution is 0.552. The molecule has 2 heterocycles. The average Bonchev–Trinajstić information content (AvgIpc) is 2.85. The second kappa shape index (κ2) is 5.23. The first-order valence-corrected chi connectivity index (χ1v) is 7.18. The second-order valence-corrected chi connectivity index (χ2v) is 5.61. The van der Waals surface area contributed by atoms with Crippen molar-refractivity contribution in [3.8, 4) is 0 Å². The molecular weight excluding hydrogens is 292 g/mol. The third-order valence-corrected chi connectivity index (χ3v) is 4.72. The molecule has 0 radical (unpaired) electrons. The van der Waals surface area contributed by atoms with Crippen molar-refractivity contribution < 1.29 is 0 Å². The van der Waals surface area contributed by atoms with Gasteiger partial charge in [-0.05, 0) is 55.7 Å². The summed E-state index contributed by atoms with van der Waals surface area (Å²) in [5, 5.41) is 8.45. The summed E-state index contributed by atoms with van der Waals surface area (Å²) < 4.78 is 1.13. The number of halogens is 1. The van der Waals surface area contributed by atoms with Crippen LogP contribution < -0.4 is 11.3 Å². The number of nitrogens with two attached hydrogens (primary N) is 1. The summed E-state index contributed by atoms with van der Waals surface area (Å²) in [5.74, 6) is 5.59. The van der Waals surface area contributed by atoms with Gasteiger partial charge in [0.05, 0.1) is 6.04 Å². The summed E-state index contributed by atoms with van der Waals surface area (Å²) >= 11 is 6.93. The Morgan fingerprint density at radius 2 is 2.20 bits per heavy atom. The highest BCUT2D eigenvalue weighted by Crippen LogP contribution is 2.29. The highest BCUT2D eigenvalue weighted by atomic mass is 79.9. The Kier molecular flexibility index (Phi) is 3.93. The van der Waals surface area contributed by atoms with Gasteiger partial charge in [0, 0.05) is 9.85 Å².